The number of hydrogen-bond donors (Lipinski definition) is 1. The summed E-state index contributed by atoms with van der Waals surface area (Å²) < 4.78 is 25.4. The first-order valence-corrected chi connectivity index (χ1v) is 9.96. The van der Waals surface area contributed by atoms with Gasteiger partial charge in [0.05, 0.1) is 11.6 Å². The summed E-state index contributed by atoms with van der Waals surface area (Å²) in [6.07, 6.45) is 0.592. The molecule has 1 unspecified atom stereocenters. The van der Waals surface area contributed by atoms with Crippen molar-refractivity contribution >= 4 is 17.4 Å². The van der Waals surface area contributed by atoms with Crippen LogP contribution in [0.4, 0.5) is 4.39 Å². The van der Waals surface area contributed by atoms with Crippen molar-refractivity contribution in [2.24, 2.45) is 0 Å². The van der Waals surface area contributed by atoms with Crippen LogP contribution >= 0.6 is 0 Å². The normalized spacial score (nSPS) is 19.5. The minimum Gasteiger partial charge on any atom is -0.507 e. The number of hydrogen-bond acceptors (Lipinski definition) is 6. The molecule has 162 valence electrons. The highest BCUT2D eigenvalue weighted by Crippen LogP contribution is 2.42. The Balaban J connectivity index is 1.80. The van der Waals surface area contributed by atoms with Gasteiger partial charge in [-0.25, -0.2) is 4.39 Å². The number of likely N-dealkylation sites (tertiary alicyclic amines) is 1. The third kappa shape index (κ3) is 3.86. The molecule has 2 heterocycles. The average Bonchev–Trinajstić information content (AvgIpc) is 3.31. The molecule has 2 aliphatic rings. The van der Waals surface area contributed by atoms with E-state index in [9.17, 15) is 19.1 Å². The molecule has 0 aromatic heterocycles. The number of aliphatic hydroxyl groups is 1. The Kier molecular flexibility index (Phi) is 5.65. The zero-order valence-corrected chi connectivity index (χ0v) is 17.3. The van der Waals surface area contributed by atoms with Gasteiger partial charge in [0.25, 0.3) is 11.7 Å². The third-order valence-electron chi connectivity index (χ3n) is 5.39. The number of halogens is 1. The number of nitrogens with zero attached hydrogens (tertiary/aromatic N) is 2. The molecule has 4 rings (SSSR count). The van der Waals surface area contributed by atoms with E-state index in [0.29, 0.717) is 24.5 Å². The van der Waals surface area contributed by atoms with Crippen molar-refractivity contribution in [3.8, 4) is 11.5 Å². The average molecular weight is 426 g/mol. The highest BCUT2D eigenvalue weighted by molar-refractivity contribution is 6.46. The Morgan fingerprint density at radius 1 is 1.16 bits per heavy atom. The number of ether oxygens (including phenoxy) is 2. The van der Waals surface area contributed by atoms with Crippen LogP contribution < -0.4 is 9.47 Å². The number of carbonyl (C=O) groups excluding carboxylic acids is 2. The van der Waals surface area contributed by atoms with Gasteiger partial charge in [0, 0.05) is 17.7 Å². The highest BCUT2D eigenvalue weighted by atomic mass is 19.1. The SMILES string of the molecule is CN(C)CCCN1C(=O)C(=O)C(=C(O)c2ccc3c(c2)OCO3)C1c1ccccc1F. The van der Waals surface area contributed by atoms with E-state index in [1.54, 1.807) is 18.2 Å². The molecule has 0 saturated carbocycles. The fourth-order valence-electron chi connectivity index (χ4n) is 3.89. The van der Waals surface area contributed by atoms with Crippen molar-refractivity contribution in [3.63, 3.8) is 0 Å². The third-order valence-corrected chi connectivity index (χ3v) is 5.39. The maximum absolute atomic E-state index is 14.7. The van der Waals surface area contributed by atoms with E-state index in [1.165, 1.54) is 29.2 Å². The van der Waals surface area contributed by atoms with Gasteiger partial charge in [-0.05, 0) is 51.3 Å². The lowest BCUT2D eigenvalue weighted by molar-refractivity contribution is -0.140. The summed E-state index contributed by atoms with van der Waals surface area (Å²) in [5.74, 6) is -1.58. The Hall–Kier alpha value is -3.39. The van der Waals surface area contributed by atoms with Crippen LogP contribution in [0, 0.1) is 5.82 Å². The number of carbonyl (C=O) groups is 2. The maximum Gasteiger partial charge on any atom is 0.295 e. The number of fused-ring (bicyclic) bond motifs is 1. The predicted molar refractivity (Wildman–Crippen MR) is 111 cm³/mol. The van der Waals surface area contributed by atoms with Gasteiger partial charge in [0.15, 0.2) is 11.5 Å². The topological polar surface area (TPSA) is 79.3 Å². The van der Waals surface area contributed by atoms with Crippen molar-refractivity contribution in [1.29, 1.82) is 0 Å². The zero-order valence-electron chi connectivity index (χ0n) is 17.3. The fourth-order valence-corrected chi connectivity index (χ4v) is 3.89. The molecule has 0 radical (unpaired) electrons. The van der Waals surface area contributed by atoms with Crippen molar-refractivity contribution in [3.05, 3.63) is 65.0 Å². The minimum atomic E-state index is -1.02. The molecule has 31 heavy (non-hydrogen) atoms. The lowest BCUT2D eigenvalue weighted by Gasteiger charge is -2.26. The second-order valence-corrected chi connectivity index (χ2v) is 7.74. The van der Waals surface area contributed by atoms with Crippen LogP contribution in [0.15, 0.2) is 48.0 Å². The summed E-state index contributed by atoms with van der Waals surface area (Å²) in [7, 11) is 3.81. The quantitative estimate of drug-likeness (QED) is 0.435. The molecule has 0 bridgehead atoms. The summed E-state index contributed by atoms with van der Waals surface area (Å²) in [6.45, 7) is 1.000. The van der Waals surface area contributed by atoms with E-state index >= 15 is 0 Å². The molecular formula is C23H23FN2O5. The van der Waals surface area contributed by atoms with Crippen LogP contribution in [0.25, 0.3) is 5.76 Å². The van der Waals surface area contributed by atoms with Gasteiger partial charge in [-0.2, -0.15) is 0 Å². The first-order valence-electron chi connectivity index (χ1n) is 9.96. The van der Waals surface area contributed by atoms with Gasteiger partial charge >= 0.3 is 0 Å². The molecule has 1 N–H and O–H groups in total. The Morgan fingerprint density at radius 3 is 2.65 bits per heavy atom. The number of benzene rings is 2. The molecule has 2 aromatic carbocycles. The van der Waals surface area contributed by atoms with Gasteiger partial charge < -0.3 is 24.4 Å². The first-order chi connectivity index (χ1) is 14.9. The van der Waals surface area contributed by atoms with Crippen LogP contribution in [-0.4, -0.2) is 60.6 Å². The van der Waals surface area contributed by atoms with Crippen LogP contribution in [0.3, 0.4) is 0 Å². The maximum atomic E-state index is 14.7. The van der Waals surface area contributed by atoms with E-state index in [-0.39, 0.29) is 35.8 Å². The second kappa shape index (κ2) is 8.39. The fraction of sp³-hybridized carbons (Fsp3) is 0.304. The van der Waals surface area contributed by atoms with Crippen LogP contribution in [0.2, 0.25) is 0 Å². The van der Waals surface area contributed by atoms with Crippen molar-refractivity contribution in [1.82, 2.24) is 9.80 Å². The highest BCUT2D eigenvalue weighted by Gasteiger charge is 2.46. The van der Waals surface area contributed by atoms with E-state index < -0.39 is 23.5 Å². The van der Waals surface area contributed by atoms with Crippen LogP contribution in [0.5, 0.6) is 11.5 Å². The smallest absolute Gasteiger partial charge is 0.295 e. The van der Waals surface area contributed by atoms with Gasteiger partial charge in [-0.1, -0.05) is 18.2 Å². The number of ketones is 1. The minimum absolute atomic E-state index is 0.0606. The van der Waals surface area contributed by atoms with Crippen LogP contribution in [-0.2, 0) is 9.59 Å². The number of rotatable bonds is 6. The Labute approximate surface area is 179 Å². The molecule has 1 atom stereocenters. The number of amides is 1. The standard InChI is InChI=1S/C23H23FN2O5/c1-25(2)10-5-11-26-20(15-6-3-4-7-16(15)24)19(22(28)23(26)29)21(27)14-8-9-17-18(12-14)31-13-30-17/h3-4,6-9,12,20,27H,5,10-11,13H2,1-2H3. The molecule has 1 saturated heterocycles. The largest absolute Gasteiger partial charge is 0.507 e. The second-order valence-electron chi connectivity index (χ2n) is 7.74. The number of aliphatic hydroxyl groups excluding tert-OH is 1. The number of Topliss-reactive ketones (excluding diaryl/α,β-unsaturated/α-hetero) is 1. The van der Waals surface area contributed by atoms with Crippen molar-refractivity contribution in [2.45, 2.75) is 12.5 Å². The lowest BCUT2D eigenvalue weighted by atomic mass is 9.94. The molecular weight excluding hydrogens is 403 g/mol. The molecule has 2 aromatic rings. The van der Waals surface area contributed by atoms with E-state index in [1.807, 2.05) is 19.0 Å². The molecule has 8 heteroatoms. The summed E-state index contributed by atoms with van der Waals surface area (Å²) in [4.78, 5) is 29.1. The van der Waals surface area contributed by atoms with Crippen molar-refractivity contribution in [2.75, 3.05) is 34.0 Å². The molecule has 7 nitrogen and oxygen atoms in total. The van der Waals surface area contributed by atoms with Crippen LogP contribution in [0.1, 0.15) is 23.6 Å². The molecule has 0 aliphatic carbocycles. The molecule has 1 fully saturated rings. The molecule has 1 amide bonds. The first kappa shape index (κ1) is 20.9. The van der Waals surface area contributed by atoms with Crippen molar-refractivity contribution < 1.29 is 28.6 Å². The predicted octanol–water partition coefficient (Wildman–Crippen LogP) is 2.93. The summed E-state index contributed by atoms with van der Waals surface area (Å²) in [5.41, 5.74) is 0.310. The summed E-state index contributed by atoms with van der Waals surface area (Å²) in [5, 5.41) is 11.0. The summed E-state index contributed by atoms with van der Waals surface area (Å²) >= 11 is 0. The van der Waals surface area contributed by atoms with Gasteiger partial charge in [-0.15, -0.1) is 0 Å². The Bertz CT molecular complexity index is 1070. The summed E-state index contributed by atoms with van der Waals surface area (Å²) in [6, 6.07) is 9.68. The van der Waals surface area contributed by atoms with E-state index in [2.05, 4.69) is 0 Å². The van der Waals surface area contributed by atoms with Gasteiger partial charge in [-0.3, -0.25) is 9.59 Å². The zero-order chi connectivity index (χ0) is 22.1. The Morgan fingerprint density at radius 2 is 1.90 bits per heavy atom. The van der Waals surface area contributed by atoms with Gasteiger partial charge in [0.2, 0.25) is 6.79 Å². The van der Waals surface area contributed by atoms with E-state index in [0.717, 1.165) is 0 Å². The molecule has 2 aliphatic heterocycles. The van der Waals surface area contributed by atoms with E-state index in [4.69, 9.17) is 9.47 Å². The molecule has 0 spiro atoms. The monoisotopic (exact) mass is 426 g/mol. The van der Waals surface area contributed by atoms with Gasteiger partial charge in [0.1, 0.15) is 11.6 Å². The lowest BCUT2D eigenvalue weighted by Crippen LogP contribution is -2.32.